The van der Waals surface area contributed by atoms with Gasteiger partial charge in [0.25, 0.3) is 0 Å². The summed E-state index contributed by atoms with van der Waals surface area (Å²) >= 11 is 6.02. The number of carbonyl (C=O) groups excluding carboxylic acids is 1. The zero-order valence-corrected chi connectivity index (χ0v) is 16.3. The van der Waals surface area contributed by atoms with Gasteiger partial charge in [0.1, 0.15) is 12.3 Å². The van der Waals surface area contributed by atoms with Gasteiger partial charge < -0.3 is 10.1 Å². The van der Waals surface area contributed by atoms with Gasteiger partial charge in [0.2, 0.25) is 15.9 Å². The molecule has 0 aliphatic rings. The lowest BCUT2D eigenvalue weighted by atomic mass is 10.3. The van der Waals surface area contributed by atoms with E-state index in [0.717, 1.165) is 10.6 Å². The average Bonchev–Trinajstić information content (AvgIpc) is 2.53. The topological polar surface area (TPSA) is 75.7 Å². The SMILES string of the molecule is CC(C)Oc1cccc(N(CC(=O)Nc2ccccc2Cl)S(C)(=O)=O)c1. The molecule has 2 aromatic carbocycles. The van der Waals surface area contributed by atoms with Gasteiger partial charge in [-0.15, -0.1) is 0 Å². The maximum Gasteiger partial charge on any atom is 0.245 e. The molecule has 0 atom stereocenters. The molecule has 0 fully saturated rings. The molecule has 0 spiro atoms. The maximum absolute atomic E-state index is 12.4. The second-order valence-electron chi connectivity index (χ2n) is 5.96. The molecule has 0 radical (unpaired) electrons. The summed E-state index contributed by atoms with van der Waals surface area (Å²) in [5.41, 5.74) is 0.768. The van der Waals surface area contributed by atoms with Crippen LogP contribution >= 0.6 is 11.6 Å². The monoisotopic (exact) mass is 396 g/mol. The number of nitrogens with one attached hydrogen (secondary N) is 1. The number of ether oxygens (including phenoxy) is 1. The summed E-state index contributed by atoms with van der Waals surface area (Å²) in [4.78, 5) is 12.4. The van der Waals surface area contributed by atoms with Crippen molar-refractivity contribution in [2.75, 3.05) is 22.4 Å². The summed E-state index contributed by atoms with van der Waals surface area (Å²) in [6.45, 7) is 3.37. The van der Waals surface area contributed by atoms with Gasteiger partial charge in [-0.2, -0.15) is 0 Å². The van der Waals surface area contributed by atoms with Crippen molar-refractivity contribution in [1.29, 1.82) is 0 Å². The Bertz CT molecular complexity index is 884. The standard InChI is InChI=1S/C18H21ClN2O4S/c1-13(2)25-15-8-6-7-14(11-15)21(26(3,23)24)12-18(22)20-17-10-5-4-9-16(17)19/h4-11,13H,12H2,1-3H3,(H,20,22). The molecule has 0 bridgehead atoms. The first kappa shape index (κ1) is 20.1. The van der Waals surface area contributed by atoms with Gasteiger partial charge in [-0.3, -0.25) is 9.10 Å². The minimum Gasteiger partial charge on any atom is -0.491 e. The number of halogens is 1. The fourth-order valence-electron chi connectivity index (χ4n) is 2.27. The van der Waals surface area contributed by atoms with E-state index < -0.39 is 15.9 Å². The summed E-state index contributed by atoms with van der Waals surface area (Å²) in [5, 5.41) is 3.00. The number of hydrogen-bond donors (Lipinski definition) is 1. The molecule has 0 aliphatic carbocycles. The van der Waals surface area contributed by atoms with Crippen LogP contribution in [0.15, 0.2) is 48.5 Å². The normalized spacial score (nSPS) is 11.3. The first-order valence-corrected chi connectivity index (χ1v) is 10.2. The van der Waals surface area contributed by atoms with Crippen LogP contribution in [0.1, 0.15) is 13.8 Å². The second-order valence-corrected chi connectivity index (χ2v) is 8.28. The van der Waals surface area contributed by atoms with Crippen molar-refractivity contribution >= 4 is 38.9 Å². The van der Waals surface area contributed by atoms with Crippen LogP contribution in [-0.2, 0) is 14.8 Å². The molecule has 2 aromatic rings. The number of nitrogens with zero attached hydrogens (tertiary/aromatic N) is 1. The smallest absolute Gasteiger partial charge is 0.245 e. The quantitative estimate of drug-likeness (QED) is 0.776. The van der Waals surface area contributed by atoms with Gasteiger partial charge in [0, 0.05) is 6.07 Å². The molecule has 0 unspecified atom stereocenters. The molecular weight excluding hydrogens is 376 g/mol. The van der Waals surface area contributed by atoms with Crippen molar-refractivity contribution in [1.82, 2.24) is 0 Å². The molecule has 0 saturated carbocycles. The Kier molecular flexibility index (Phi) is 6.50. The van der Waals surface area contributed by atoms with Gasteiger partial charge in [0.05, 0.1) is 28.8 Å². The first-order valence-electron chi connectivity index (χ1n) is 7.95. The van der Waals surface area contributed by atoms with E-state index >= 15 is 0 Å². The minimum absolute atomic E-state index is 0.0551. The van der Waals surface area contributed by atoms with Gasteiger partial charge in [0.15, 0.2) is 0 Å². The lowest BCUT2D eigenvalue weighted by Crippen LogP contribution is -2.37. The molecule has 1 N–H and O–H groups in total. The van der Waals surface area contributed by atoms with Crippen LogP contribution in [0, 0.1) is 0 Å². The van der Waals surface area contributed by atoms with E-state index in [1.165, 1.54) is 0 Å². The highest BCUT2D eigenvalue weighted by molar-refractivity contribution is 7.92. The Morgan fingerprint density at radius 1 is 1.19 bits per heavy atom. The zero-order valence-electron chi connectivity index (χ0n) is 14.8. The van der Waals surface area contributed by atoms with Gasteiger partial charge in [-0.1, -0.05) is 29.8 Å². The van der Waals surface area contributed by atoms with Crippen LogP contribution in [0.2, 0.25) is 5.02 Å². The van der Waals surface area contributed by atoms with Crippen molar-refractivity contribution in [3.05, 3.63) is 53.6 Å². The number of para-hydroxylation sites is 1. The molecule has 0 heterocycles. The molecular formula is C18H21ClN2O4S. The highest BCUT2D eigenvalue weighted by Gasteiger charge is 2.22. The van der Waals surface area contributed by atoms with Crippen molar-refractivity contribution in [3.8, 4) is 5.75 Å². The predicted molar refractivity (Wildman–Crippen MR) is 104 cm³/mol. The van der Waals surface area contributed by atoms with Crippen LogP contribution in [0.3, 0.4) is 0 Å². The van der Waals surface area contributed by atoms with E-state index in [4.69, 9.17) is 16.3 Å². The Labute approximate surface area is 158 Å². The van der Waals surface area contributed by atoms with E-state index in [1.807, 2.05) is 13.8 Å². The summed E-state index contributed by atoms with van der Waals surface area (Å²) in [7, 11) is -3.68. The molecule has 26 heavy (non-hydrogen) atoms. The number of rotatable bonds is 7. The number of hydrogen-bond acceptors (Lipinski definition) is 4. The Morgan fingerprint density at radius 3 is 2.50 bits per heavy atom. The molecule has 0 saturated heterocycles. The summed E-state index contributed by atoms with van der Waals surface area (Å²) in [6.07, 6.45) is 0.992. The van der Waals surface area contributed by atoms with Crippen LogP contribution in [0.25, 0.3) is 0 Å². The number of sulfonamides is 1. The molecule has 8 heteroatoms. The van der Waals surface area contributed by atoms with Crippen molar-refractivity contribution < 1.29 is 17.9 Å². The van der Waals surface area contributed by atoms with E-state index in [9.17, 15) is 13.2 Å². The van der Waals surface area contributed by atoms with Gasteiger partial charge in [-0.05, 0) is 38.1 Å². The average molecular weight is 397 g/mol. The largest absolute Gasteiger partial charge is 0.491 e. The fraction of sp³-hybridized carbons (Fsp3) is 0.278. The van der Waals surface area contributed by atoms with E-state index in [-0.39, 0.29) is 12.6 Å². The van der Waals surface area contributed by atoms with Crippen molar-refractivity contribution in [2.24, 2.45) is 0 Å². The van der Waals surface area contributed by atoms with Gasteiger partial charge in [-0.25, -0.2) is 8.42 Å². The number of amides is 1. The number of anilines is 2. The Balaban J connectivity index is 2.23. The molecule has 1 amide bonds. The van der Waals surface area contributed by atoms with Crippen LogP contribution in [-0.4, -0.2) is 33.2 Å². The predicted octanol–water partition coefficient (Wildman–Crippen LogP) is 3.53. The van der Waals surface area contributed by atoms with E-state index in [1.54, 1.807) is 48.5 Å². The van der Waals surface area contributed by atoms with E-state index in [0.29, 0.717) is 22.1 Å². The highest BCUT2D eigenvalue weighted by Crippen LogP contribution is 2.25. The minimum atomic E-state index is -3.68. The molecule has 0 aliphatic heterocycles. The van der Waals surface area contributed by atoms with E-state index in [2.05, 4.69) is 5.32 Å². The number of benzene rings is 2. The fourth-order valence-corrected chi connectivity index (χ4v) is 3.30. The summed E-state index contributed by atoms with van der Waals surface area (Å²) < 4.78 is 31.0. The van der Waals surface area contributed by atoms with Crippen molar-refractivity contribution in [2.45, 2.75) is 20.0 Å². The Morgan fingerprint density at radius 2 is 1.88 bits per heavy atom. The third kappa shape index (κ3) is 5.64. The third-order valence-corrected chi connectivity index (χ3v) is 4.78. The zero-order chi connectivity index (χ0) is 19.3. The molecule has 140 valence electrons. The summed E-state index contributed by atoms with van der Waals surface area (Å²) in [5.74, 6) is 0.0244. The lowest BCUT2D eigenvalue weighted by molar-refractivity contribution is -0.114. The van der Waals surface area contributed by atoms with Crippen LogP contribution in [0.4, 0.5) is 11.4 Å². The molecule has 6 nitrogen and oxygen atoms in total. The number of carbonyl (C=O) groups is 1. The van der Waals surface area contributed by atoms with Gasteiger partial charge >= 0.3 is 0 Å². The molecule has 2 rings (SSSR count). The van der Waals surface area contributed by atoms with Crippen molar-refractivity contribution in [3.63, 3.8) is 0 Å². The Hall–Kier alpha value is -2.25. The van der Waals surface area contributed by atoms with Crippen LogP contribution < -0.4 is 14.4 Å². The maximum atomic E-state index is 12.4. The third-order valence-electron chi connectivity index (χ3n) is 3.31. The van der Waals surface area contributed by atoms with Crippen LogP contribution in [0.5, 0.6) is 5.75 Å². The second kappa shape index (κ2) is 8.42. The first-order chi connectivity index (χ1) is 12.2. The highest BCUT2D eigenvalue weighted by atomic mass is 35.5. The summed E-state index contributed by atoms with van der Waals surface area (Å²) in [6, 6.07) is 13.3. The molecule has 0 aromatic heterocycles. The lowest BCUT2D eigenvalue weighted by Gasteiger charge is -2.23.